The maximum absolute atomic E-state index is 11.6. The highest BCUT2D eigenvalue weighted by Gasteiger charge is 2.50. The Balaban J connectivity index is 2.36. The van der Waals surface area contributed by atoms with E-state index in [9.17, 15) is 4.79 Å². The Morgan fingerprint density at radius 1 is 0.931 bits per heavy atom. The molecule has 2 aromatic rings. The van der Waals surface area contributed by atoms with Crippen LogP contribution in [0, 0.1) is 11.8 Å². The van der Waals surface area contributed by atoms with Gasteiger partial charge in [0.2, 0.25) is 0 Å². The van der Waals surface area contributed by atoms with Crippen LogP contribution in [-0.2, 0) is 14.0 Å². The number of benzene rings is 2. The number of hydrogen-bond donors (Lipinski definition) is 0. The van der Waals surface area contributed by atoms with Crippen LogP contribution in [0.2, 0.25) is 5.04 Å². The molecular formula is C25H34O3Si. The van der Waals surface area contributed by atoms with E-state index in [2.05, 4.69) is 94.4 Å². The molecule has 0 fully saturated rings. The summed E-state index contributed by atoms with van der Waals surface area (Å²) in [5, 5.41) is 2.51. The summed E-state index contributed by atoms with van der Waals surface area (Å²) in [6.07, 6.45) is 3.96. The second-order valence-corrected chi connectivity index (χ2v) is 13.0. The molecule has 2 rings (SSSR count). The Hall–Kier alpha value is -2.17. The molecule has 0 aliphatic rings. The molecule has 2 atom stereocenters. The molecule has 0 bridgehead atoms. The second kappa shape index (κ2) is 10.0. The molecule has 1 unspecified atom stereocenters. The van der Waals surface area contributed by atoms with Gasteiger partial charge in [-0.05, 0) is 28.3 Å². The Morgan fingerprint density at radius 3 is 1.83 bits per heavy atom. The molecule has 0 radical (unpaired) electrons. The first-order valence-corrected chi connectivity index (χ1v) is 12.1. The van der Waals surface area contributed by atoms with E-state index in [1.165, 1.54) is 17.5 Å². The fourth-order valence-electron chi connectivity index (χ4n) is 3.69. The standard InChI is InChI=1S/C25H34O3Si/c1-20(17-18-21(2)24(26)27-6)19-28-29(25(3,4)5,22-13-9-7-10-14-22)23-15-11-8-12-16-23/h7-18,20-21H,19H2,1-6H3/b18-17+/t20-,21?/m0/s1. The van der Waals surface area contributed by atoms with Gasteiger partial charge in [0, 0.05) is 6.61 Å². The van der Waals surface area contributed by atoms with Crippen molar-refractivity contribution in [3.05, 3.63) is 72.8 Å². The Morgan fingerprint density at radius 2 is 1.41 bits per heavy atom. The molecule has 156 valence electrons. The fourth-order valence-corrected chi connectivity index (χ4v) is 8.36. The van der Waals surface area contributed by atoms with Gasteiger partial charge >= 0.3 is 5.97 Å². The summed E-state index contributed by atoms with van der Waals surface area (Å²) >= 11 is 0. The van der Waals surface area contributed by atoms with Crippen molar-refractivity contribution in [3.8, 4) is 0 Å². The number of methoxy groups -OCH3 is 1. The summed E-state index contributed by atoms with van der Waals surface area (Å²) in [6.45, 7) is 11.4. The van der Waals surface area contributed by atoms with E-state index in [0.717, 1.165) is 0 Å². The molecule has 0 spiro atoms. The summed E-state index contributed by atoms with van der Waals surface area (Å²) in [5.41, 5.74) is 0. The molecule has 0 saturated carbocycles. The third kappa shape index (κ3) is 5.46. The van der Waals surface area contributed by atoms with Crippen molar-refractivity contribution < 1.29 is 14.0 Å². The number of esters is 1. The molecule has 0 N–H and O–H groups in total. The highest BCUT2D eigenvalue weighted by Crippen LogP contribution is 2.37. The highest BCUT2D eigenvalue weighted by molar-refractivity contribution is 6.99. The zero-order valence-corrected chi connectivity index (χ0v) is 19.5. The zero-order valence-electron chi connectivity index (χ0n) is 18.5. The number of carbonyl (C=O) groups is 1. The van der Waals surface area contributed by atoms with E-state index >= 15 is 0 Å². The maximum atomic E-state index is 11.6. The molecule has 3 nitrogen and oxygen atoms in total. The first kappa shape index (κ1) is 23.1. The lowest BCUT2D eigenvalue weighted by atomic mass is 10.1. The first-order valence-electron chi connectivity index (χ1n) is 10.2. The molecule has 0 aliphatic carbocycles. The van der Waals surface area contributed by atoms with Crippen LogP contribution in [0.25, 0.3) is 0 Å². The molecule has 2 aromatic carbocycles. The highest BCUT2D eigenvalue weighted by atomic mass is 28.4. The van der Waals surface area contributed by atoms with Crippen molar-refractivity contribution in [2.24, 2.45) is 11.8 Å². The smallest absolute Gasteiger partial charge is 0.312 e. The van der Waals surface area contributed by atoms with Crippen LogP contribution in [-0.4, -0.2) is 28.0 Å². The second-order valence-electron chi connectivity index (χ2n) is 8.65. The fraction of sp³-hybridized carbons (Fsp3) is 0.400. The lowest BCUT2D eigenvalue weighted by Gasteiger charge is -2.43. The summed E-state index contributed by atoms with van der Waals surface area (Å²) < 4.78 is 11.7. The third-order valence-electron chi connectivity index (χ3n) is 5.28. The van der Waals surface area contributed by atoms with Crippen molar-refractivity contribution in [2.75, 3.05) is 13.7 Å². The van der Waals surface area contributed by atoms with Gasteiger partial charge in [0.25, 0.3) is 8.32 Å². The minimum atomic E-state index is -2.52. The van der Waals surface area contributed by atoms with Crippen LogP contribution < -0.4 is 10.4 Å². The van der Waals surface area contributed by atoms with Crippen LogP contribution in [0.1, 0.15) is 34.6 Å². The van der Waals surface area contributed by atoms with Crippen LogP contribution >= 0.6 is 0 Å². The maximum Gasteiger partial charge on any atom is 0.312 e. The lowest BCUT2D eigenvalue weighted by molar-refractivity contribution is -0.143. The van der Waals surface area contributed by atoms with Gasteiger partial charge in [-0.15, -0.1) is 0 Å². The molecule has 0 aliphatic heterocycles. The van der Waals surface area contributed by atoms with E-state index in [1.54, 1.807) is 0 Å². The molecule has 0 heterocycles. The van der Waals surface area contributed by atoms with Crippen molar-refractivity contribution in [1.29, 1.82) is 0 Å². The molecular weight excluding hydrogens is 376 g/mol. The zero-order chi connectivity index (χ0) is 21.5. The van der Waals surface area contributed by atoms with Gasteiger partial charge in [-0.1, -0.05) is 101 Å². The van der Waals surface area contributed by atoms with Crippen molar-refractivity contribution in [1.82, 2.24) is 0 Å². The van der Waals surface area contributed by atoms with Crippen molar-refractivity contribution >= 4 is 24.7 Å². The molecule has 0 saturated heterocycles. The Kier molecular flexibility index (Phi) is 8.00. The van der Waals surface area contributed by atoms with Gasteiger partial charge in [-0.2, -0.15) is 0 Å². The third-order valence-corrected chi connectivity index (χ3v) is 10.3. The first-order chi connectivity index (χ1) is 13.7. The van der Waals surface area contributed by atoms with Crippen LogP contribution in [0.3, 0.4) is 0 Å². The molecule has 29 heavy (non-hydrogen) atoms. The van der Waals surface area contributed by atoms with Gasteiger partial charge < -0.3 is 9.16 Å². The van der Waals surface area contributed by atoms with Crippen molar-refractivity contribution in [3.63, 3.8) is 0 Å². The van der Waals surface area contributed by atoms with Gasteiger partial charge in [0.05, 0.1) is 13.0 Å². The van der Waals surface area contributed by atoms with Crippen molar-refractivity contribution in [2.45, 2.75) is 39.7 Å². The number of carbonyl (C=O) groups excluding carboxylic acids is 1. The molecule has 0 amide bonds. The van der Waals surface area contributed by atoms with Gasteiger partial charge in [-0.25, -0.2) is 0 Å². The Bertz CT molecular complexity index is 754. The van der Waals surface area contributed by atoms with E-state index in [4.69, 9.17) is 9.16 Å². The van der Waals surface area contributed by atoms with Crippen LogP contribution in [0.4, 0.5) is 0 Å². The van der Waals surface area contributed by atoms with Crippen LogP contribution in [0.5, 0.6) is 0 Å². The SMILES string of the molecule is COC(=O)C(C)/C=C/[C@H](C)CO[Si](c1ccccc1)(c1ccccc1)C(C)(C)C. The predicted octanol–water partition coefficient (Wildman–Crippen LogP) is 4.56. The van der Waals surface area contributed by atoms with E-state index < -0.39 is 8.32 Å². The van der Waals surface area contributed by atoms with E-state index in [0.29, 0.717) is 6.61 Å². The predicted molar refractivity (Wildman–Crippen MR) is 123 cm³/mol. The summed E-state index contributed by atoms with van der Waals surface area (Å²) in [6, 6.07) is 21.3. The average molecular weight is 411 g/mol. The number of rotatable bonds is 8. The summed E-state index contributed by atoms with van der Waals surface area (Å²) in [7, 11) is -1.10. The lowest BCUT2D eigenvalue weighted by Crippen LogP contribution is -2.66. The quantitative estimate of drug-likeness (QED) is 0.363. The largest absolute Gasteiger partial charge is 0.469 e. The van der Waals surface area contributed by atoms with Crippen LogP contribution in [0.15, 0.2) is 72.8 Å². The molecule has 0 aromatic heterocycles. The van der Waals surface area contributed by atoms with Gasteiger partial charge in [-0.3, -0.25) is 4.79 Å². The van der Waals surface area contributed by atoms with E-state index in [-0.39, 0.29) is 22.8 Å². The van der Waals surface area contributed by atoms with Gasteiger partial charge in [0.15, 0.2) is 0 Å². The normalized spacial score (nSPS) is 14.6. The Labute approximate surface area is 176 Å². The van der Waals surface area contributed by atoms with Gasteiger partial charge in [0.1, 0.15) is 0 Å². The number of hydrogen-bond acceptors (Lipinski definition) is 3. The minimum Gasteiger partial charge on any atom is -0.469 e. The van der Waals surface area contributed by atoms with E-state index in [1.807, 2.05) is 13.0 Å². The molecule has 4 heteroatoms. The summed E-state index contributed by atoms with van der Waals surface area (Å²) in [4.78, 5) is 11.6. The monoisotopic (exact) mass is 410 g/mol. The average Bonchev–Trinajstić information content (AvgIpc) is 2.72. The minimum absolute atomic E-state index is 0.0432. The number of ether oxygens (including phenoxy) is 1. The topological polar surface area (TPSA) is 35.5 Å². The summed E-state index contributed by atoms with van der Waals surface area (Å²) in [5.74, 6) is -0.291.